The highest BCUT2D eigenvalue weighted by atomic mass is 35.5. The van der Waals surface area contributed by atoms with Gasteiger partial charge in [0.25, 0.3) is 18.2 Å². The van der Waals surface area contributed by atoms with Gasteiger partial charge in [-0.25, -0.2) is 13.8 Å². The summed E-state index contributed by atoms with van der Waals surface area (Å²) in [6.07, 6.45) is 0.209. The summed E-state index contributed by atoms with van der Waals surface area (Å²) >= 11 is 6.99. The van der Waals surface area contributed by atoms with Crippen LogP contribution in [0.1, 0.15) is 51.8 Å². The van der Waals surface area contributed by atoms with E-state index in [0.29, 0.717) is 35.3 Å². The van der Waals surface area contributed by atoms with E-state index in [9.17, 15) is 18.4 Å². The highest BCUT2D eigenvalue weighted by Gasteiger charge is 2.27. The Morgan fingerprint density at radius 3 is 2.59 bits per heavy atom. The minimum Gasteiger partial charge on any atom is -0.365 e. The zero-order valence-electron chi connectivity index (χ0n) is 18.4. The van der Waals surface area contributed by atoms with Crippen LogP contribution in [0, 0.1) is 6.92 Å². The molecule has 0 aliphatic heterocycles. The number of hydrogen-bond donors (Lipinski definition) is 2. The number of halogens is 3. The van der Waals surface area contributed by atoms with Crippen molar-refractivity contribution in [3.05, 3.63) is 45.4 Å². The molecule has 0 aromatic carbocycles. The fraction of sp³-hybridized carbons (Fsp3) is 0.286. The number of carbonyl (C=O) groups excluding carboxylic acids is 2. The van der Waals surface area contributed by atoms with Crippen molar-refractivity contribution in [3.63, 3.8) is 0 Å². The average molecular weight is 508 g/mol. The van der Waals surface area contributed by atoms with E-state index in [1.54, 1.807) is 24.7 Å². The van der Waals surface area contributed by atoms with E-state index in [4.69, 9.17) is 17.3 Å². The number of aromatic nitrogens is 5. The van der Waals surface area contributed by atoms with Gasteiger partial charge in [0.2, 0.25) is 0 Å². The molecule has 4 aromatic heterocycles. The summed E-state index contributed by atoms with van der Waals surface area (Å²) in [5.74, 6) is -1.46. The number of nitrogens with zero attached hydrogens (tertiary/aromatic N) is 5. The molecule has 0 fully saturated rings. The van der Waals surface area contributed by atoms with Crippen LogP contribution in [-0.2, 0) is 13.1 Å². The summed E-state index contributed by atoms with van der Waals surface area (Å²) in [6, 6.07) is 1.24. The maximum absolute atomic E-state index is 13.7. The number of rotatable bonds is 7. The second-order valence-electron chi connectivity index (χ2n) is 7.34. The van der Waals surface area contributed by atoms with Crippen LogP contribution in [0.3, 0.4) is 0 Å². The molecular formula is C21H20ClF2N7O2S. The van der Waals surface area contributed by atoms with Gasteiger partial charge >= 0.3 is 0 Å². The predicted octanol–water partition coefficient (Wildman–Crippen LogP) is 4.65. The molecule has 0 saturated carbocycles. The molecule has 3 N–H and O–H groups in total. The first kappa shape index (κ1) is 23.8. The van der Waals surface area contributed by atoms with Gasteiger partial charge in [-0.05, 0) is 32.4 Å². The van der Waals surface area contributed by atoms with E-state index in [-0.39, 0.29) is 26.1 Å². The van der Waals surface area contributed by atoms with Crippen molar-refractivity contribution in [1.82, 2.24) is 24.5 Å². The minimum absolute atomic E-state index is 0.0252. The van der Waals surface area contributed by atoms with Gasteiger partial charge in [0.15, 0.2) is 0 Å². The molecule has 0 unspecified atom stereocenters. The van der Waals surface area contributed by atoms with Gasteiger partial charge in [0.05, 0.1) is 22.6 Å². The summed E-state index contributed by atoms with van der Waals surface area (Å²) in [7, 11) is 0. The normalized spacial score (nSPS) is 11.5. The minimum atomic E-state index is -2.85. The van der Waals surface area contributed by atoms with Gasteiger partial charge in [-0.1, -0.05) is 11.6 Å². The predicted molar refractivity (Wildman–Crippen MR) is 126 cm³/mol. The molecule has 13 heteroatoms. The number of primary amides is 1. The fourth-order valence-corrected chi connectivity index (χ4v) is 4.92. The smallest absolute Gasteiger partial charge is 0.280 e. The van der Waals surface area contributed by atoms with Gasteiger partial charge < -0.3 is 11.1 Å². The van der Waals surface area contributed by atoms with Gasteiger partial charge in [0.1, 0.15) is 21.1 Å². The van der Waals surface area contributed by atoms with E-state index in [1.807, 2.05) is 6.92 Å². The Balaban J connectivity index is 1.99. The fourth-order valence-electron chi connectivity index (χ4n) is 3.68. The lowest BCUT2D eigenvalue weighted by atomic mass is 10.0. The summed E-state index contributed by atoms with van der Waals surface area (Å²) in [4.78, 5) is 29.6. The van der Waals surface area contributed by atoms with Crippen molar-refractivity contribution in [3.8, 4) is 11.1 Å². The van der Waals surface area contributed by atoms with Crippen LogP contribution in [0.15, 0.2) is 18.5 Å². The molecule has 0 bridgehead atoms. The number of pyridine rings is 1. The van der Waals surface area contributed by atoms with E-state index in [2.05, 4.69) is 20.5 Å². The SMILES string of the molecule is CCn1cc(-c2cc(C(F)F)nc3sc(C(N)=O)c(NC(=O)c4c(Cl)cnn4CC)c23)c(C)n1. The van der Waals surface area contributed by atoms with E-state index in [0.717, 1.165) is 11.3 Å². The Morgan fingerprint density at radius 2 is 2.00 bits per heavy atom. The largest absolute Gasteiger partial charge is 0.365 e. The third-order valence-corrected chi connectivity index (χ3v) is 6.61. The standard InChI is InChI=1S/C21H20ClF2N7O2S/c1-4-30-8-11(9(3)29-30)10-6-13(18(23)24)27-21-14(10)15(17(34-21)19(25)32)28-20(33)16-12(22)7-26-31(16)5-2/h6-8,18H,4-5H2,1-3H3,(H2,25,32)(H,28,33). The van der Waals surface area contributed by atoms with Gasteiger partial charge in [-0.15, -0.1) is 11.3 Å². The van der Waals surface area contributed by atoms with Crippen molar-refractivity contribution >= 4 is 50.7 Å². The Kier molecular flexibility index (Phi) is 6.36. The summed E-state index contributed by atoms with van der Waals surface area (Å²) in [6.45, 7) is 6.37. The van der Waals surface area contributed by atoms with Crippen molar-refractivity contribution in [2.75, 3.05) is 5.32 Å². The average Bonchev–Trinajstić information content (AvgIpc) is 3.47. The summed E-state index contributed by atoms with van der Waals surface area (Å²) < 4.78 is 30.4. The zero-order chi connectivity index (χ0) is 24.7. The van der Waals surface area contributed by atoms with Crippen LogP contribution in [0.25, 0.3) is 21.3 Å². The topological polar surface area (TPSA) is 121 Å². The van der Waals surface area contributed by atoms with Gasteiger partial charge in [-0.3, -0.25) is 19.0 Å². The number of fused-ring (bicyclic) bond motifs is 1. The lowest BCUT2D eigenvalue weighted by Crippen LogP contribution is -2.20. The second kappa shape index (κ2) is 9.11. The molecular weight excluding hydrogens is 488 g/mol. The first-order valence-corrected chi connectivity index (χ1v) is 11.5. The molecule has 9 nitrogen and oxygen atoms in total. The van der Waals surface area contributed by atoms with Crippen LogP contribution >= 0.6 is 22.9 Å². The first-order valence-electron chi connectivity index (χ1n) is 10.3. The van der Waals surface area contributed by atoms with Crippen LogP contribution < -0.4 is 11.1 Å². The molecule has 0 saturated heterocycles. The van der Waals surface area contributed by atoms with Crippen molar-refractivity contribution < 1.29 is 18.4 Å². The van der Waals surface area contributed by atoms with Gasteiger partial charge in [0, 0.05) is 30.2 Å². The molecule has 178 valence electrons. The third-order valence-electron chi connectivity index (χ3n) is 5.24. The van der Waals surface area contributed by atoms with Gasteiger partial charge in [-0.2, -0.15) is 10.2 Å². The van der Waals surface area contributed by atoms with E-state index in [1.165, 1.54) is 16.9 Å². The van der Waals surface area contributed by atoms with Crippen molar-refractivity contribution in [2.24, 2.45) is 5.73 Å². The van der Waals surface area contributed by atoms with Crippen molar-refractivity contribution in [1.29, 1.82) is 0 Å². The molecule has 4 rings (SSSR count). The Bertz CT molecular complexity index is 1430. The van der Waals surface area contributed by atoms with E-state index < -0.39 is 23.9 Å². The van der Waals surface area contributed by atoms with E-state index >= 15 is 0 Å². The summed E-state index contributed by atoms with van der Waals surface area (Å²) in [5, 5.41) is 11.6. The number of alkyl halides is 2. The van der Waals surface area contributed by atoms with Crippen molar-refractivity contribution in [2.45, 2.75) is 40.3 Å². The highest BCUT2D eigenvalue weighted by Crippen LogP contribution is 2.43. The second-order valence-corrected chi connectivity index (χ2v) is 8.75. The summed E-state index contributed by atoms with van der Waals surface area (Å²) in [5.41, 5.74) is 6.79. The molecule has 2 amide bonds. The monoisotopic (exact) mass is 507 g/mol. The Labute approximate surface area is 201 Å². The maximum Gasteiger partial charge on any atom is 0.280 e. The zero-order valence-corrected chi connectivity index (χ0v) is 20.0. The Hall–Kier alpha value is -3.38. The molecule has 34 heavy (non-hydrogen) atoms. The number of thiophene rings is 1. The number of amides is 2. The maximum atomic E-state index is 13.7. The number of anilines is 1. The number of nitrogens with one attached hydrogen (secondary N) is 1. The Morgan fingerprint density at radius 1 is 1.26 bits per heavy atom. The molecule has 0 radical (unpaired) electrons. The van der Waals surface area contributed by atoms with Crippen LogP contribution in [0.5, 0.6) is 0 Å². The lowest BCUT2D eigenvalue weighted by molar-refractivity contribution is 0.100. The van der Waals surface area contributed by atoms with Crippen LogP contribution in [-0.4, -0.2) is 36.4 Å². The molecule has 0 atom stereocenters. The lowest BCUT2D eigenvalue weighted by Gasteiger charge is -2.11. The molecule has 0 aliphatic rings. The molecule has 4 heterocycles. The number of hydrogen-bond acceptors (Lipinski definition) is 6. The highest BCUT2D eigenvalue weighted by molar-refractivity contribution is 7.21. The van der Waals surface area contributed by atoms with Crippen LogP contribution in [0.2, 0.25) is 5.02 Å². The molecule has 4 aromatic rings. The quantitative estimate of drug-likeness (QED) is 0.377. The molecule has 0 spiro atoms. The third kappa shape index (κ3) is 4.03. The number of carbonyl (C=O) groups is 2. The number of aryl methyl sites for hydroxylation is 3. The first-order chi connectivity index (χ1) is 16.2. The van der Waals surface area contributed by atoms with Crippen LogP contribution in [0.4, 0.5) is 14.5 Å². The number of nitrogens with two attached hydrogens (primary N) is 1. The molecule has 0 aliphatic carbocycles.